The second kappa shape index (κ2) is 8.91. The minimum Gasteiger partial charge on any atom is -0.480 e. The van der Waals surface area contributed by atoms with Gasteiger partial charge in [-0.05, 0) is 0 Å². The van der Waals surface area contributed by atoms with Crippen molar-refractivity contribution in [3.05, 3.63) is 0 Å². The van der Waals surface area contributed by atoms with E-state index in [1.807, 2.05) is 4.90 Å². The van der Waals surface area contributed by atoms with Crippen LogP contribution in [0.4, 0.5) is 0 Å². The molecule has 0 heterocycles. The van der Waals surface area contributed by atoms with Crippen molar-refractivity contribution in [2.45, 2.75) is 5.38 Å². The summed E-state index contributed by atoms with van der Waals surface area (Å²) < 4.78 is 9.84. The second-order valence-electron chi connectivity index (χ2n) is 3.09. The lowest BCUT2D eigenvalue weighted by Crippen LogP contribution is -2.38. The first-order valence-corrected chi connectivity index (χ1v) is 5.12. The van der Waals surface area contributed by atoms with Gasteiger partial charge in [0.05, 0.1) is 13.2 Å². The number of methoxy groups -OCH3 is 2. The lowest BCUT2D eigenvalue weighted by Gasteiger charge is -2.22. The molecule has 0 radical (unpaired) electrons. The lowest BCUT2D eigenvalue weighted by atomic mass is 10.3. The Balaban J connectivity index is 3.92. The third-order valence-electron chi connectivity index (χ3n) is 1.91. The number of halogens is 1. The molecule has 5 nitrogen and oxygen atoms in total. The summed E-state index contributed by atoms with van der Waals surface area (Å²) in [5.74, 6) is -1.00. The summed E-state index contributed by atoms with van der Waals surface area (Å²) in [6, 6.07) is 0. The summed E-state index contributed by atoms with van der Waals surface area (Å²) >= 11 is 5.65. The van der Waals surface area contributed by atoms with Crippen molar-refractivity contribution in [2.24, 2.45) is 0 Å². The Morgan fingerprint density at radius 1 is 1.33 bits per heavy atom. The summed E-state index contributed by atoms with van der Waals surface area (Å²) in [6.45, 7) is 2.69. The van der Waals surface area contributed by atoms with Gasteiger partial charge in [-0.1, -0.05) is 0 Å². The number of hydrogen-bond donors (Lipinski definition) is 1. The summed E-state index contributed by atoms with van der Waals surface area (Å²) in [7, 11) is 3.20. The van der Waals surface area contributed by atoms with E-state index in [0.29, 0.717) is 32.8 Å². The number of alkyl halides is 1. The Morgan fingerprint density at radius 2 is 1.80 bits per heavy atom. The smallest absolute Gasteiger partial charge is 0.322 e. The van der Waals surface area contributed by atoms with Crippen LogP contribution in [0.15, 0.2) is 0 Å². The summed E-state index contributed by atoms with van der Waals surface area (Å²) in [4.78, 5) is 12.5. The highest BCUT2D eigenvalue weighted by Gasteiger charge is 2.17. The van der Waals surface area contributed by atoms with Gasteiger partial charge in [0.15, 0.2) is 0 Å². The second-order valence-corrected chi connectivity index (χ2v) is 3.62. The Labute approximate surface area is 94.9 Å². The van der Waals surface area contributed by atoms with Gasteiger partial charge < -0.3 is 14.6 Å². The normalized spacial score (nSPS) is 13.1. The molecule has 1 unspecified atom stereocenters. The molecule has 6 heteroatoms. The number of carboxylic acid groups (broad SMARTS) is 1. The minimum atomic E-state index is -1.00. The van der Waals surface area contributed by atoms with Crippen LogP contribution in [0.25, 0.3) is 0 Å². The quantitative estimate of drug-likeness (QED) is 0.586. The third kappa shape index (κ3) is 7.56. The molecule has 0 rings (SSSR count). The van der Waals surface area contributed by atoms with Crippen molar-refractivity contribution in [3.63, 3.8) is 0 Å². The summed E-state index contributed by atoms with van der Waals surface area (Å²) in [6.07, 6.45) is 0. The molecule has 0 aliphatic carbocycles. The van der Waals surface area contributed by atoms with Crippen LogP contribution in [0.2, 0.25) is 0 Å². The number of rotatable bonds is 9. The van der Waals surface area contributed by atoms with E-state index < -0.39 is 11.3 Å². The van der Waals surface area contributed by atoms with Gasteiger partial charge in [-0.2, -0.15) is 0 Å². The van der Waals surface area contributed by atoms with Gasteiger partial charge in [-0.25, -0.2) is 0 Å². The molecular weight excluding hydrogens is 222 g/mol. The largest absolute Gasteiger partial charge is 0.480 e. The monoisotopic (exact) mass is 239 g/mol. The molecule has 0 amide bonds. The van der Waals surface area contributed by atoms with Gasteiger partial charge in [0, 0.05) is 33.9 Å². The number of ether oxygens (including phenoxy) is 2. The molecule has 0 bridgehead atoms. The van der Waals surface area contributed by atoms with Crippen LogP contribution in [0.5, 0.6) is 0 Å². The average Bonchev–Trinajstić information content (AvgIpc) is 2.21. The van der Waals surface area contributed by atoms with E-state index >= 15 is 0 Å². The fourth-order valence-electron chi connectivity index (χ4n) is 1.04. The first-order valence-electron chi connectivity index (χ1n) is 4.69. The molecule has 0 fully saturated rings. The van der Waals surface area contributed by atoms with Crippen molar-refractivity contribution in [2.75, 3.05) is 47.1 Å². The highest BCUT2D eigenvalue weighted by molar-refractivity contribution is 6.29. The Bertz CT molecular complexity index is 171. The van der Waals surface area contributed by atoms with Crippen LogP contribution in [-0.2, 0) is 14.3 Å². The van der Waals surface area contributed by atoms with Crippen molar-refractivity contribution in [3.8, 4) is 0 Å². The van der Waals surface area contributed by atoms with E-state index in [2.05, 4.69) is 0 Å². The van der Waals surface area contributed by atoms with Crippen LogP contribution in [0.3, 0.4) is 0 Å². The zero-order valence-corrected chi connectivity index (χ0v) is 9.87. The minimum absolute atomic E-state index is 0.295. The maximum Gasteiger partial charge on any atom is 0.322 e. The zero-order chi connectivity index (χ0) is 11.7. The number of carbonyl (C=O) groups is 1. The fraction of sp³-hybridized carbons (Fsp3) is 0.889. The fourth-order valence-corrected chi connectivity index (χ4v) is 1.24. The van der Waals surface area contributed by atoms with Gasteiger partial charge in [0.25, 0.3) is 0 Å². The number of nitrogens with zero attached hydrogens (tertiary/aromatic N) is 1. The van der Waals surface area contributed by atoms with E-state index in [1.165, 1.54) is 0 Å². The van der Waals surface area contributed by atoms with Gasteiger partial charge in [-0.3, -0.25) is 9.69 Å². The molecule has 0 saturated carbocycles. The summed E-state index contributed by atoms with van der Waals surface area (Å²) in [5.41, 5.74) is 0. The van der Waals surface area contributed by atoms with Gasteiger partial charge in [0.2, 0.25) is 0 Å². The van der Waals surface area contributed by atoms with E-state index in [-0.39, 0.29) is 0 Å². The van der Waals surface area contributed by atoms with Crippen LogP contribution in [0.1, 0.15) is 0 Å². The predicted molar refractivity (Wildman–Crippen MR) is 57.5 cm³/mol. The predicted octanol–water partition coefficient (Wildman–Crippen LogP) is 0.273. The van der Waals surface area contributed by atoms with Gasteiger partial charge >= 0.3 is 5.97 Å². The topological polar surface area (TPSA) is 59.0 Å². The van der Waals surface area contributed by atoms with Gasteiger partial charge in [0.1, 0.15) is 5.38 Å². The van der Waals surface area contributed by atoms with E-state index in [0.717, 1.165) is 0 Å². The highest BCUT2D eigenvalue weighted by atomic mass is 35.5. The molecule has 0 aromatic rings. The molecule has 1 N–H and O–H groups in total. The third-order valence-corrected chi connectivity index (χ3v) is 2.23. The van der Waals surface area contributed by atoms with Crippen LogP contribution < -0.4 is 0 Å². The number of carboxylic acids is 1. The van der Waals surface area contributed by atoms with Crippen LogP contribution >= 0.6 is 11.6 Å². The number of aliphatic carboxylic acids is 1. The average molecular weight is 240 g/mol. The first kappa shape index (κ1) is 14.6. The zero-order valence-electron chi connectivity index (χ0n) is 9.11. The Kier molecular flexibility index (Phi) is 8.70. The van der Waals surface area contributed by atoms with Gasteiger partial charge in [-0.15, -0.1) is 11.6 Å². The summed E-state index contributed by atoms with van der Waals surface area (Å²) in [5, 5.41) is 7.77. The molecule has 1 atom stereocenters. The van der Waals surface area contributed by atoms with E-state index in [9.17, 15) is 4.79 Å². The van der Waals surface area contributed by atoms with E-state index in [1.54, 1.807) is 14.2 Å². The molecule has 0 aromatic heterocycles. The molecule has 0 aliphatic rings. The van der Waals surface area contributed by atoms with Crippen molar-refractivity contribution >= 4 is 17.6 Å². The molecule has 90 valence electrons. The van der Waals surface area contributed by atoms with Crippen molar-refractivity contribution in [1.82, 2.24) is 4.90 Å². The molecule has 0 spiro atoms. The van der Waals surface area contributed by atoms with Crippen LogP contribution in [0, 0.1) is 0 Å². The highest BCUT2D eigenvalue weighted by Crippen LogP contribution is 2.00. The SMILES string of the molecule is COCCN(CCOC)CC(Cl)C(=O)O. The number of hydrogen-bond acceptors (Lipinski definition) is 4. The molecule has 0 aliphatic heterocycles. The van der Waals surface area contributed by atoms with Crippen molar-refractivity contribution < 1.29 is 19.4 Å². The lowest BCUT2D eigenvalue weighted by molar-refractivity contribution is -0.137. The molecule has 0 saturated heterocycles. The first-order chi connectivity index (χ1) is 7.11. The molecule has 0 aromatic carbocycles. The molecule has 15 heavy (non-hydrogen) atoms. The van der Waals surface area contributed by atoms with E-state index in [4.69, 9.17) is 26.2 Å². The molecular formula is C9H18ClNO4. The maximum absolute atomic E-state index is 10.6. The Hall–Kier alpha value is -0.360. The maximum atomic E-state index is 10.6. The van der Waals surface area contributed by atoms with Crippen LogP contribution in [-0.4, -0.2) is 68.4 Å². The Morgan fingerprint density at radius 3 is 2.13 bits per heavy atom. The standard InChI is InChI=1S/C9H18ClNO4/c1-14-5-3-11(4-6-15-2)7-8(10)9(12)13/h8H,3-7H2,1-2H3,(H,12,13). The van der Waals surface area contributed by atoms with Crippen molar-refractivity contribution in [1.29, 1.82) is 0 Å².